The van der Waals surface area contributed by atoms with Crippen molar-refractivity contribution in [1.82, 2.24) is 4.57 Å². The molecule has 1 heterocycles. The molecule has 0 saturated heterocycles. The number of fused-ring (bicyclic) bond motifs is 1. The van der Waals surface area contributed by atoms with Crippen molar-refractivity contribution in [2.24, 2.45) is 7.05 Å². The lowest BCUT2D eigenvalue weighted by atomic mass is 10.1. The first-order valence-corrected chi connectivity index (χ1v) is 8.81. The zero-order valence-corrected chi connectivity index (χ0v) is 15.8. The van der Waals surface area contributed by atoms with Gasteiger partial charge in [-0.15, -0.1) is 0 Å². The topological polar surface area (TPSA) is 68.5 Å². The number of benzene rings is 2. The highest BCUT2D eigenvalue weighted by Gasteiger charge is 2.06. The van der Waals surface area contributed by atoms with Crippen molar-refractivity contribution in [3.8, 4) is 11.5 Å². The Morgan fingerprint density at radius 2 is 1.75 bits per heavy atom. The van der Waals surface area contributed by atoms with E-state index in [0.717, 1.165) is 16.6 Å². The normalized spacial score (nSPS) is 11.5. The van der Waals surface area contributed by atoms with E-state index < -0.39 is 0 Å². The maximum atomic E-state index is 12.1. The number of hydrogen-bond acceptors (Lipinski definition) is 4. The molecule has 0 spiro atoms. The van der Waals surface area contributed by atoms with Crippen molar-refractivity contribution in [1.29, 1.82) is 0 Å². The molecule has 5 heteroatoms. The van der Waals surface area contributed by atoms with Gasteiger partial charge in [0.2, 0.25) is 0 Å². The van der Waals surface area contributed by atoms with Crippen molar-refractivity contribution < 1.29 is 19.4 Å². The Bertz CT molecular complexity index is 1090. The number of carbonyl (C=O) groups is 2. The van der Waals surface area contributed by atoms with E-state index in [1.54, 1.807) is 24.3 Å². The van der Waals surface area contributed by atoms with Crippen LogP contribution in [0.2, 0.25) is 0 Å². The van der Waals surface area contributed by atoms with E-state index >= 15 is 0 Å². The predicted molar refractivity (Wildman–Crippen MR) is 110 cm³/mol. The second kappa shape index (κ2) is 8.39. The van der Waals surface area contributed by atoms with E-state index in [4.69, 9.17) is 4.74 Å². The lowest BCUT2D eigenvalue weighted by Gasteiger charge is -2.03. The highest BCUT2D eigenvalue weighted by Crippen LogP contribution is 2.26. The maximum Gasteiger partial charge on any atom is 0.163 e. The first-order chi connectivity index (χ1) is 13.5. The third kappa shape index (κ3) is 4.38. The molecule has 0 fully saturated rings. The van der Waals surface area contributed by atoms with Gasteiger partial charge >= 0.3 is 0 Å². The van der Waals surface area contributed by atoms with Crippen LogP contribution in [0.15, 0.2) is 60.7 Å². The van der Waals surface area contributed by atoms with Crippen LogP contribution >= 0.6 is 0 Å². The lowest BCUT2D eigenvalue weighted by Crippen LogP contribution is -2.02. The predicted octanol–water partition coefficient (Wildman–Crippen LogP) is 4.15. The number of allylic oxidation sites excluding steroid dienone is 2. The Kier molecular flexibility index (Phi) is 5.75. The Labute approximate surface area is 163 Å². The fourth-order valence-electron chi connectivity index (χ4n) is 2.94. The second-order valence-electron chi connectivity index (χ2n) is 6.39. The summed E-state index contributed by atoms with van der Waals surface area (Å²) < 4.78 is 6.97. The molecular weight excluding hydrogens is 354 g/mol. The highest BCUT2D eigenvalue weighted by molar-refractivity contribution is 6.11. The molecule has 0 aliphatic rings. The van der Waals surface area contributed by atoms with Gasteiger partial charge in [-0.05, 0) is 48.1 Å². The summed E-state index contributed by atoms with van der Waals surface area (Å²) in [6.45, 7) is 0. The Balaban J connectivity index is 1.62. The molecule has 0 saturated carbocycles. The van der Waals surface area contributed by atoms with Gasteiger partial charge in [-0.25, -0.2) is 0 Å². The van der Waals surface area contributed by atoms with Gasteiger partial charge in [-0.2, -0.15) is 0 Å². The van der Waals surface area contributed by atoms with Gasteiger partial charge in [-0.3, -0.25) is 9.59 Å². The number of methoxy groups -OCH3 is 1. The lowest BCUT2D eigenvalue weighted by molar-refractivity contribution is -0.121. The average Bonchev–Trinajstić information content (AvgIpc) is 3.01. The van der Waals surface area contributed by atoms with E-state index in [-0.39, 0.29) is 23.7 Å². The second-order valence-corrected chi connectivity index (χ2v) is 6.39. The summed E-state index contributed by atoms with van der Waals surface area (Å²) in [6, 6.07) is 14.8. The van der Waals surface area contributed by atoms with Crippen LogP contribution in [0, 0.1) is 0 Å². The number of aromatic hydroxyl groups is 1. The molecule has 0 bridgehead atoms. The number of aromatic nitrogens is 1. The molecule has 0 atom stereocenters. The number of aryl methyl sites for hydroxylation is 1. The van der Waals surface area contributed by atoms with Crippen LogP contribution in [-0.4, -0.2) is 28.3 Å². The molecule has 1 aromatic heterocycles. The summed E-state index contributed by atoms with van der Waals surface area (Å²) in [5, 5.41) is 10.8. The maximum absolute atomic E-state index is 12.1. The molecule has 0 aliphatic heterocycles. The number of phenolic OH excluding ortho intramolecular Hbond substituents is 1. The number of nitrogens with zero attached hydrogens (tertiary/aromatic N) is 1. The number of rotatable bonds is 7. The van der Waals surface area contributed by atoms with E-state index in [0.29, 0.717) is 11.3 Å². The molecule has 0 amide bonds. The van der Waals surface area contributed by atoms with Crippen molar-refractivity contribution >= 4 is 34.6 Å². The SMILES string of the molecule is COc1ccc(/C=C/C(=O)CC(=O)/C=C/c2cc3ccccc3n2C)cc1O. The van der Waals surface area contributed by atoms with Crippen LogP contribution in [0.3, 0.4) is 0 Å². The third-order valence-electron chi connectivity index (χ3n) is 4.44. The average molecular weight is 375 g/mol. The number of ketones is 2. The molecule has 3 rings (SSSR count). The minimum absolute atomic E-state index is 0.00827. The minimum atomic E-state index is -0.304. The van der Waals surface area contributed by atoms with Gasteiger partial charge in [0, 0.05) is 23.6 Å². The van der Waals surface area contributed by atoms with Crippen molar-refractivity contribution in [2.75, 3.05) is 7.11 Å². The van der Waals surface area contributed by atoms with E-state index in [2.05, 4.69) is 0 Å². The number of hydrogen-bond donors (Lipinski definition) is 1. The van der Waals surface area contributed by atoms with Crippen LogP contribution in [0.1, 0.15) is 17.7 Å². The van der Waals surface area contributed by atoms with Crippen LogP contribution in [0.5, 0.6) is 11.5 Å². The highest BCUT2D eigenvalue weighted by atomic mass is 16.5. The molecule has 0 unspecified atom stereocenters. The third-order valence-corrected chi connectivity index (χ3v) is 4.44. The molecule has 2 aromatic carbocycles. The summed E-state index contributed by atoms with van der Waals surface area (Å²) in [4.78, 5) is 24.1. The smallest absolute Gasteiger partial charge is 0.163 e. The molecule has 28 heavy (non-hydrogen) atoms. The van der Waals surface area contributed by atoms with Gasteiger partial charge in [-0.1, -0.05) is 30.3 Å². The molecule has 1 N–H and O–H groups in total. The van der Waals surface area contributed by atoms with Crippen LogP contribution in [0.4, 0.5) is 0 Å². The molecule has 142 valence electrons. The molecule has 3 aromatic rings. The van der Waals surface area contributed by atoms with Gasteiger partial charge in [0.05, 0.1) is 13.5 Å². The van der Waals surface area contributed by atoms with Gasteiger partial charge in [0.15, 0.2) is 23.1 Å². The zero-order chi connectivity index (χ0) is 20.1. The molecular formula is C23H21NO4. The van der Waals surface area contributed by atoms with Gasteiger partial charge < -0.3 is 14.4 Å². The van der Waals surface area contributed by atoms with Crippen LogP contribution < -0.4 is 4.74 Å². The molecule has 0 radical (unpaired) electrons. The first-order valence-electron chi connectivity index (χ1n) is 8.81. The Morgan fingerprint density at radius 1 is 1.04 bits per heavy atom. The van der Waals surface area contributed by atoms with Crippen LogP contribution in [0.25, 0.3) is 23.1 Å². The number of phenols is 1. The number of para-hydroxylation sites is 1. The van der Waals surface area contributed by atoms with E-state index in [1.807, 2.05) is 41.9 Å². The van der Waals surface area contributed by atoms with Crippen molar-refractivity contribution in [2.45, 2.75) is 6.42 Å². The van der Waals surface area contributed by atoms with Gasteiger partial charge in [0.25, 0.3) is 0 Å². The minimum Gasteiger partial charge on any atom is -0.504 e. The first kappa shape index (κ1) is 19.2. The summed E-state index contributed by atoms with van der Waals surface area (Å²) in [5.41, 5.74) is 2.62. The van der Waals surface area contributed by atoms with E-state index in [1.165, 1.54) is 25.3 Å². The monoisotopic (exact) mass is 375 g/mol. The number of carbonyl (C=O) groups excluding carboxylic acids is 2. The Morgan fingerprint density at radius 3 is 2.43 bits per heavy atom. The van der Waals surface area contributed by atoms with Crippen molar-refractivity contribution in [3.63, 3.8) is 0 Å². The van der Waals surface area contributed by atoms with E-state index in [9.17, 15) is 14.7 Å². The van der Waals surface area contributed by atoms with Crippen molar-refractivity contribution in [3.05, 3.63) is 71.9 Å². The largest absolute Gasteiger partial charge is 0.504 e. The summed E-state index contributed by atoms with van der Waals surface area (Å²) in [6.07, 6.45) is 5.84. The summed E-state index contributed by atoms with van der Waals surface area (Å²) in [7, 11) is 3.40. The summed E-state index contributed by atoms with van der Waals surface area (Å²) in [5.74, 6) is -0.220. The standard InChI is InChI=1S/C23H21NO4/c1-24-18(14-17-5-3-4-6-21(17)24)9-11-20(26)15-19(25)10-7-16-8-12-23(28-2)22(27)13-16/h3-14,27H,15H2,1-2H3/b10-7+,11-9+. The Hall–Kier alpha value is -3.60. The fraction of sp³-hybridized carbons (Fsp3) is 0.130. The summed E-state index contributed by atoms with van der Waals surface area (Å²) >= 11 is 0. The molecule has 5 nitrogen and oxygen atoms in total. The van der Waals surface area contributed by atoms with Crippen LogP contribution in [-0.2, 0) is 16.6 Å². The number of ether oxygens (including phenoxy) is 1. The fourth-order valence-corrected chi connectivity index (χ4v) is 2.94. The quantitative estimate of drug-likeness (QED) is 0.498. The molecule has 0 aliphatic carbocycles. The van der Waals surface area contributed by atoms with Gasteiger partial charge in [0.1, 0.15) is 0 Å². The zero-order valence-electron chi connectivity index (χ0n) is 15.8.